The lowest BCUT2D eigenvalue weighted by Crippen LogP contribution is -2.26. The Morgan fingerprint density at radius 3 is 2.65 bits per heavy atom. The Morgan fingerprint density at radius 1 is 1.29 bits per heavy atom. The number of aryl methyl sites for hydroxylation is 1. The van der Waals surface area contributed by atoms with Gasteiger partial charge in [-0.25, -0.2) is 0 Å². The van der Waals surface area contributed by atoms with Gasteiger partial charge in [0.1, 0.15) is 5.75 Å². The van der Waals surface area contributed by atoms with Crippen LogP contribution in [-0.4, -0.2) is 26.9 Å². The molecule has 1 unspecified atom stereocenters. The van der Waals surface area contributed by atoms with Crippen LogP contribution in [0.2, 0.25) is 0 Å². The van der Waals surface area contributed by atoms with E-state index in [0.717, 1.165) is 25.3 Å². The van der Waals surface area contributed by atoms with Crippen LogP contribution < -0.4 is 10.1 Å². The van der Waals surface area contributed by atoms with Crippen molar-refractivity contribution in [2.75, 3.05) is 20.8 Å². The van der Waals surface area contributed by atoms with Crippen molar-refractivity contribution in [1.82, 2.24) is 5.32 Å². The summed E-state index contributed by atoms with van der Waals surface area (Å²) in [6, 6.07) is 6.75. The third-order valence-electron chi connectivity index (χ3n) is 2.87. The van der Waals surface area contributed by atoms with Gasteiger partial charge >= 0.3 is 0 Å². The molecule has 0 saturated heterocycles. The van der Waals surface area contributed by atoms with E-state index in [1.54, 1.807) is 14.2 Å². The fraction of sp³-hybridized carbons (Fsp3) is 0.571. The number of ether oxygens (including phenoxy) is 2. The largest absolute Gasteiger partial charge is 0.496 e. The Bertz CT molecular complexity index is 339. The first-order chi connectivity index (χ1) is 8.17. The minimum Gasteiger partial charge on any atom is -0.496 e. The van der Waals surface area contributed by atoms with Crippen LogP contribution >= 0.6 is 0 Å². The molecule has 0 heterocycles. The average Bonchev–Trinajstić information content (AvgIpc) is 2.34. The Morgan fingerprint density at radius 2 is 2.06 bits per heavy atom. The molecule has 1 rings (SSSR count). The van der Waals surface area contributed by atoms with Gasteiger partial charge < -0.3 is 14.8 Å². The lowest BCUT2D eigenvalue weighted by Gasteiger charge is -2.14. The van der Waals surface area contributed by atoms with Crippen molar-refractivity contribution in [3.63, 3.8) is 0 Å². The first-order valence-electron chi connectivity index (χ1n) is 6.03. The van der Waals surface area contributed by atoms with Crippen LogP contribution in [0.1, 0.15) is 24.5 Å². The van der Waals surface area contributed by atoms with E-state index in [2.05, 4.69) is 31.3 Å². The molecule has 0 bridgehead atoms. The molecule has 0 spiro atoms. The second-order valence-electron chi connectivity index (χ2n) is 4.37. The van der Waals surface area contributed by atoms with Gasteiger partial charge in [0.15, 0.2) is 0 Å². The smallest absolute Gasteiger partial charge is 0.121 e. The van der Waals surface area contributed by atoms with Crippen molar-refractivity contribution in [3.8, 4) is 5.75 Å². The van der Waals surface area contributed by atoms with Crippen molar-refractivity contribution >= 4 is 0 Å². The molecular weight excluding hydrogens is 214 g/mol. The number of hydrogen-bond donors (Lipinski definition) is 1. The summed E-state index contributed by atoms with van der Waals surface area (Å²) in [5, 5.41) is 3.48. The van der Waals surface area contributed by atoms with E-state index in [4.69, 9.17) is 9.47 Å². The van der Waals surface area contributed by atoms with Gasteiger partial charge in [-0.3, -0.25) is 0 Å². The van der Waals surface area contributed by atoms with Gasteiger partial charge in [-0.1, -0.05) is 12.1 Å². The topological polar surface area (TPSA) is 30.5 Å². The van der Waals surface area contributed by atoms with Crippen molar-refractivity contribution in [2.45, 2.75) is 32.9 Å². The van der Waals surface area contributed by atoms with Crippen molar-refractivity contribution in [3.05, 3.63) is 29.3 Å². The van der Waals surface area contributed by atoms with Gasteiger partial charge in [0.2, 0.25) is 0 Å². The molecule has 96 valence electrons. The number of nitrogens with one attached hydrogen (secondary N) is 1. The molecule has 17 heavy (non-hydrogen) atoms. The normalized spacial score (nSPS) is 12.5. The molecule has 0 aromatic heterocycles. The summed E-state index contributed by atoms with van der Waals surface area (Å²) >= 11 is 0. The maximum atomic E-state index is 5.24. The third kappa shape index (κ3) is 4.75. The van der Waals surface area contributed by atoms with E-state index in [9.17, 15) is 0 Å². The summed E-state index contributed by atoms with van der Waals surface area (Å²) in [7, 11) is 3.44. The summed E-state index contributed by atoms with van der Waals surface area (Å²) < 4.78 is 10.3. The molecule has 1 aromatic rings. The van der Waals surface area contributed by atoms with E-state index < -0.39 is 0 Å². The predicted molar refractivity (Wildman–Crippen MR) is 70.5 cm³/mol. The minimum atomic E-state index is 0.470. The first kappa shape index (κ1) is 14.0. The summed E-state index contributed by atoms with van der Waals surface area (Å²) in [6.45, 7) is 5.93. The van der Waals surface area contributed by atoms with Crippen molar-refractivity contribution in [2.24, 2.45) is 0 Å². The van der Waals surface area contributed by atoms with Crippen LogP contribution in [0.3, 0.4) is 0 Å². The molecule has 0 aliphatic carbocycles. The molecule has 0 fully saturated rings. The molecule has 3 nitrogen and oxygen atoms in total. The van der Waals surface area contributed by atoms with Crippen molar-refractivity contribution in [1.29, 1.82) is 0 Å². The van der Waals surface area contributed by atoms with E-state index in [-0.39, 0.29) is 0 Å². The highest BCUT2D eigenvalue weighted by Gasteiger charge is 2.03. The van der Waals surface area contributed by atoms with E-state index in [1.165, 1.54) is 11.1 Å². The molecule has 1 N–H and O–H groups in total. The van der Waals surface area contributed by atoms with Crippen LogP contribution in [0.15, 0.2) is 18.2 Å². The van der Waals surface area contributed by atoms with E-state index >= 15 is 0 Å². The summed E-state index contributed by atoms with van der Waals surface area (Å²) in [6.07, 6.45) is 1.03. The van der Waals surface area contributed by atoms with E-state index in [1.807, 2.05) is 6.07 Å². The highest BCUT2D eigenvalue weighted by atomic mass is 16.5. The maximum Gasteiger partial charge on any atom is 0.121 e. The second kappa shape index (κ2) is 7.30. The molecular formula is C14H23NO2. The van der Waals surface area contributed by atoms with E-state index in [0.29, 0.717) is 6.04 Å². The highest BCUT2D eigenvalue weighted by Crippen LogP contribution is 2.18. The number of rotatable bonds is 7. The minimum absolute atomic E-state index is 0.470. The van der Waals surface area contributed by atoms with Crippen molar-refractivity contribution < 1.29 is 9.47 Å². The van der Waals surface area contributed by atoms with Crippen LogP contribution in [0.25, 0.3) is 0 Å². The van der Waals surface area contributed by atoms with Gasteiger partial charge in [-0.15, -0.1) is 0 Å². The number of methoxy groups -OCH3 is 2. The summed E-state index contributed by atoms with van der Waals surface area (Å²) in [4.78, 5) is 0. The molecule has 0 saturated carbocycles. The Labute approximate surface area is 104 Å². The Kier molecular flexibility index (Phi) is 6.01. The Balaban J connectivity index is 2.44. The van der Waals surface area contributed by atoms with Crippen LogP contribution in [0, 0.1) is 6.92 Å². The average molecular weight is 237 g/mol. The maximum absolute atomic E-state index is 5.24. The standard InChI is InChI=1S/C14H23NO2/c1-11-9-13(5-6-14(11)17-4)10-15-12(2)7-8-16-3/h5-6,9,12,15H,7-8,10H2,1-4H3. The van der Waals surface area contributed by atoms with Crippen LogP contribution in [0.4, 0.5) is 0 Å². The first-order valence-corrected chi connectivity index (χ1v) is 6.03. The molecule has 0 aliphatic heterocycles. The monoisotopic (exact) mass is 237 g/mol. The van der Waals surface area contributed by atoms with Gasteiger partial charge in [0, 0.05) is 26.3 Å². The van der Waals surface area contributed by atoms with Crippen LogP contribution in [0.5, 0.6) is 5.75 Å². The zero-order valence-corrected chi connectivity index (χ0v) is 11.2. The molecule has 0 amide bonds. The van der Waals surface area contributed by atoms with Gasteiger partial charge in [-0.05, 0) is 37.5 Å². The third-order valence-corrected chi connectivity index (χ3v) is 2.87. The SMILES string of the molecule is COCCC(C)NCc1ccc(OC)c(C)c1. The fourth-order valence-electron chi connectivity index (χ4n) is 1.74. The quantitative estimate of drug-likeness (QED) is 0.790. The predicted octanol–water partition coefficient (Wildman–Crippen LogP) is 2.52. The zero-order valence-electron chi connectivity index (χ0n) is 11.2. The van der Waals surface area contributed by atoms with Gasteiger partial charge in [-0.2, -0.15) is 0 Å². The molecule has 0 aliphatic rings. The van der Waals surface area contributed by atoms with Crippen LogP contribution in [-0.2, 0) is 11.3 Å². The molecule has 3 heteroatoms. The number of hydrogen-bond acceptors (Lipinski definition) is 3. The highest BCUT2D eigenvalue weighted by molar-refractivity contribution is 5.36. The number of benzene rings is 1. The van der Waals surface area contributed by atoms with Gasteiger partial charge in [0.05, 0.1) is 7.11 Å². The van der Waals surface area contributed by atoms with Gasteiger partial charge in [0.25, 0.3) is 0 Å². The molecule has 0 radical (unpaired) electrons. The Hall–Kier alpha value is -1.06. The zero-order chi connectivity index (χ0) is 12.7. The fourth-order valence-corrected chi connectivity index (χ4v) is 1.74. The lowest BCUT2D eigenvalue weighted by molar-refractivity contribution is 0.184. The summed E-state index contributed by atoms with van der Waals surface area (Å²) in [5.74, 6) is 0.946. The summed E-state index contributed by atoms with van der Waals surface area (Å²) in [5.41, 5.74) is 2.46. The second-order valence-corrected chi connectivity index (χ2v) is 4.37. The molecule has 1 aromatic carbocycles. The molecule has 1 atom stereocenters. The lowest BCUT2D eigenvalue weighted by atomic mass is 10.1.